The quantitative estimate of drug-likeness (QED) is 0.801. The molecule has 0 aromatic carbocycles. The van der Waals surface area contributed by atoms with E-state index < -0.39 is 0 Å². The van der Waals surface area contributed by atoms with Crippen LogP contribution >= 0.6 is 0 Å². The van der Waals surface area contributed by atoms with Crippen LogP contribution in [-0.4, -0.2) is 24.5 Å². The molecule has 1 saturated heterocycles. The van der Waals surface area contributed by atoms with E-state index in [2.05, 4.69) is 0 Å². The maximum Gasteiger partial charge on any atom is 0.135 e. The lowest BCUT2D eigenvalue weighted by Gasteiger charge is -2.25. The Labute approximate surface area is 104 Å². The van der Waals surface area contributed by atoms with E-state index in [9.17, 15) is 4.79 Å². The van der Waals surface area contributed by atoms with E-state index >= 15 is 0 Å². The van der Waals surface area contributed by atoms with Gasteiger partial charge in [0, 0.05) is 25.0 Å². The Balaban J connectivity index is 1.60. The molecule has 0 amide bonds. The second-order valence-electron chi connectivity index (χ2n) is 5.61. The molecule has 2 fully saturated rings. The molecule has 1 saturated carbocycles. The van der Waals surface area contributed by atoms with E-state index in [4.69, 9.17) is 10.5 Å². The summed E-state index contributed by atoms with van der Waals surface area (Å²) in [5.74, 6) is 0.772. The van der Waals surface area contributed by atoms with Crippen LogP contribution in [0.3, 0.4) is 0 Å². The third-order valence-corrected chi connectivity index (χ3v) is 4.20. The number of ketones is 1. The van der Waals surface area contributed by atoms with Gasteiger partial charge in [0.15, 0.2) is 0 Å². The Hall–Kier alpha value is -0.410. The molecule has 2 aliphatic rings. The summed E-state index contributed by atoms with van der Waals surface area (Å²) >= 11 is 0. The van der Waals surface area contributed by atoms with Crippen molar-refractivity contribution >= 4 is 5.78 Å². The van der Waals surface area contributed by atoms with Crippen molar-refractivity contribution in [2.45, 2.75) is 69.9 Å². The van der Waals surface area contributed by atoms with Gasteiger partial charge < -0.3 is 10.5 Å². The van der Waals surface area contributed by atoms with Crippen molar-refractivity contribution in [3.05, 3.63) is 0 Å². The highest BCUT2D eigenvalue weighted by atomic mass is 16.5. The van der Waals surface area contributed by atoms with Crippen molar-refractivity contribution in [1.29, 1.82) is 0 Å². The molecule has 1 aliphatic heterocycles. The third-order valence-electron chi connectivity index (χ3n) is 4.20. The van der Waals surface area contributed by atoms with Gasteiger partial charge in [-0.15, -0.1) is 0 Å². The average Bonchev–Trinajstić information content (AvgIpc) is 2.83. The van der Waals surface area contributed by atoms with E-state index in [0.29, 0.717) is 23.8 Å². The summed E-state index contributed by atoms with van der Waals surface area (Å²) in [4.78, 5) is 12.0. The van der Waals surface area contributed by atoms with Crippen LogP contribution < -0.4 is 5.73 Å². The monoisotopic (exact) mass is 239 g/mol. The molecule has 0 radical (unpaired) electrons. The first kappa shape index (κ1) is 13.0. The average molecular weight is 239 g/mol. The topological polar surface area (TPSA) is 52.3 Å². The fourth-order valence-electron chi connectivity index (χ4n) is 3.02. The number of carbonyl (C=O) groups is 1. The van der Waals surface area contributed by atoms with Gasteiger partial charge in [-0.05, 0) is 51.4 Å². The number of hydrogen-bond donors (Lipinski definition) is 1. The lowest BCUT2D eigenvalue weighted by atomic mass is 9.82. The molecule has 0 aromatic heterocycles. The summed E-state index contributed by atoms with van der Waals surface area (Å²) in [6.07, 6.45) is 9.72. The SMILES string of the molecule is NC1CCC(C(=O)CCCC2CCCO2)CC1. The van der Waals surface area contributed by atoms with Gasteiger partial charge in [-0.2, -0.15) is 0 Å². The molecule has 1 heterocycles. The summed E-state index contributed by atoms with van der Waals surface area (Å²) in [7, 11) is 0. The van der Waals surface area contributed by atoms with Crippen LogP contribution in [0.25, 0.3) is 0 Å². The minimum Gasteiger partial charge on any atom is -0.378 e. The first-order valence-corrected chi connectivity index (χ1v) is 7.15. The smallest absolute Gasteiger partial charge is 0.135 e. The first-order chi connectivity index (χ1) is 8.25. The van der Waals surface area contributed by atoms with Gasteiger partial charge in [-0.1, -0.05) is 0 Å². The number of Topliss-reactive ketones (excluding diaryl/α,β-unsaturated/α-hetero) is 1. The van der Waals surface area contributed by atoms with Crippen molar-refractivity contribution in [1.82, 2.24) is 0 Å². The molecule has 1 unspecified atom stereocenters. The van der Waals surface area contributed by atoms with Crippen molar-refractivity contribution in [3.63, 3.8) is 0 Å². The summed E-state index contributed by atoms with van der Waals surface area (Å²) in [5, 5.41) is 0. The molecule has 2 rings (SSSR count). The molecule has 3 nitrogen and oxygen atoms in total. The molecular weight excluding hydrogens is 214 g/mol. The number of carbonyl (C=O) groups excluding carboxylic acids is 1. The van der Waals surface area contributed by atoms with Crippen molar-refractivity contribution in [3.8, 4) is 0 Å². The zero-order valence-corrected chi connectivity index (χ0v) is 10.7. The lowest BCUT2D eigenvalue weighted by Crippen LogP contribution is -2.29. The Morgan fingerprint density at radius 3 is 2.59 bits per heavy atom. The van der Waals surface area contributed by atoms with E-state index in [-0.39, 0.29) is 0 Å². The normalized spacial score (nSPS) is 33.8. The number of hydrogen-bond acceptors (Lipinski definition) is 3. The number of ether oxygens (including phenoxy) is 1. The molecule has 0 spiro atoms. The molecule has 1 aliphatic carbocycles. The van der Waals surface area contributed by atoms with Gasteiger partial charge in [0.1, 0.15) is 5.78 Å². The summed E-state index contributed by atoms with van der Waals surface area (Å²) in [5.41, 5.74) is 5.85. The van der Waals surface area contributed by atoms with E-state index in [1.807, 2.05) is 0 Å². The summed E-state index contributed by atoms with van der Waals surface area (Å²) in [6, 6.07) is 0.339. The van der Waals surface area contributed by atoms with Crippen molar-refractivity contribution < 1.29 is 9.53 Å². The Bertz CT molecular complexity index is 241. The third kappa shape index (κ3) is 4.07. The summed E-state index contributed by atoms with van der Waals surface area (Å²) < 4.78 is 5.57. The van der Waals surface area contributed by atoms with Crippen LogP contribution in [0.1, 0.15) is 57.8 Å². The van der Waals surface area contributed by atoms with E-state index in [1.54, 1.807) is 0 Å². The van der Waals surface area contributed by atoms with Crippen LogP contribution in [0.5, 0.6) is 0 Å². The van der Waals surface area contributed by atoms with Gasteiger partial charge in [-0.3, -0.25) is 4.79 Å². The standard InChI is InChI=1S/C14H25NO2/c15-12-8-6-11(7-9-12)14(16)5-1-3-13-4-2-10-17-13/h11-13H,1-10,15H2. The van der Waals surface area contributed by atoms with Gasteiger partial charge in [0.25, 0.3) is 0 Å². The van der Waals surface area contributed by atoms with Crippen LogP contribution in [-0.2, 0) is 9.53 Å². The fraction of sp³-hybridized carbons (Fsp3) is 0.929. The van der Waals surface area contributed by atoms with Crippen LogP contribution in [0.2, 0.25) is 0 Å². The minimum absolute atomic E-state index is 0.305. The molecule has 0 bridgehead atoms. The Kier molecular flexibility index (Phi) is 4.99. The zero-order valence-electron chi connectivity index (χ0n) is 10.7. The fourth-order valence-corrected chi connectivity index (χ4v) is 3.02. The number of nitrogens with two attached hydrogens (primary N) is 1. The highest BCUT2D eigenvalue weighted by Crippen LogP contribution is 2.26. The predicted molar refractivity (Wildman–Crippen MR) is 67.8 cm³/mol. The Morgan fingerprint density at radius 2 is 1.94 bits per heavy atom. The molecule has 98 valence electrons. The Morgan fingerprint density at radius 1 is 1.18 bits per heavy atom. The second-order valence-corrected chi connectivity index (χ2v) is 5.61. The van der Waals surface area contributed by atoms with Crippen LogP contribution in [0.15, 0.2) is 0 Å². The molecule has 3 heteroatoms. The minimum atomic E-state index is 0.305. The van der Waals surface area contributed by atoms with Crippen molar-refractivity contribution in [2.75, 3.05) is 6.61 Å². The lowest BCUT2D eigenvalue weighted by molar-refractivity contribution is -0.124. The van der Waals surface area contributed by atoms with Crippen LogP contribution in [0.4, 0.5) is 0 Å². The molecule has 0 aromatic rings. The predicted octanol–water partition coefficient (Wildman–Crippen LogP) is 2.42. The van der Waals surface area contributed by atoms with Crippen LogP contribution in [0, 0.1) is 5.92 Å². The van der Waals surface area contributed by atoms with Gasteiger partial charge in [-0.25, -0.2) is 0 Å². The van der Waals surface area contributed by atoms with Gasteiger partial charge in [0.05, 0.1) is 6.10 Å². The van der Waals surface area contributed by atoms with Gasteiger partial charge in [0.2, 0.25) is 0 Å². The molecule has 1 atom stereocenters. The van der Waals surface area contributed by atoms with Gasteiger partial charge >= 0.3 is 0 Å². The molecule has 17 heavy (non-hydrogen) atoms. The number of rotatable bonds is 5. The summed E-state index contributed by atoms with van der Waals surface area (Å²) in [6.45, 7) is 0.916. The zero-order chi connectivity index (χ0) is 12.1. The van der Waals surface area contributed by atoms with E-state index in [0.717, 1.165) is 51.6 Å². The largest absolute Gasteiger partial charge is 0.378 e. The first-order valence-electron chi connectivity index (χ1n) is 7.15. The maximum absolute atomic E-state index is 12.0. The van der Waals surface area contributed by atoms with E-state index in [1.165, 1.54) is 12.8 Å². The highest BCUT2D eigenvalue weighted by Gasteiger charge is 2.24. The highest BCUT2D eigenvalue weighted by molar-refractivity contribution is 5.81. The molecular formula is C14H25NO2. The van der Waals surface area contributed by atoms with Crippen molar-refractivity contribution in [2.24, 2.45) is 11.7 Å². The maximum atomic E-state index is 12.0. The second kappa shape index (κ2) is 6.50. The molecule has 2 N–H and O–H groups in total.